The van der Waals surface area contributed by atoms with Crippen LogP contribution in [0.4, 0.5) is 5.69 Å². The van der Waals surface area contributed by atoms with Gasteiger partial charge in [0.1, 0.15) is 6.07 Å². The number of para-hydroxylation sites is 1. The second kappa shape index (κ2) is 4.93. The second-order valence-corrected chi connectivity index (χ2v) is 3.48. The van der Waals surface area contributed by atoms with Crippen LogP contribution in [0.25, 0.3) is 10.9 Å². The van der Waals surface area contributed by atoms with Gasteiger partial charge in [-0.1, -0.05) is 18.2 Å². The Bertz CT molecular complexity index is 662. The molecule has 1 aromatic carbocycles. The van der Waals surface area contributed by atoms with Crippen molar-refractivity contribution < 1.29 is 0 Å². The van der Waals surface area contributed by atoms with E-state index in [1.54, 1.807) is 18.3 Å². The first-order valence-corrected chi connectivity index (χ1v) is 5.14. The molecule has 0 saturated heterocycles. The zero-order chi connectivity index (χ0) is 13.0. The van der Waals surface area contributed by atoms with E-state index >= 15 is 0 Å². The van der Waals surface area contributed by atoms with Gasteiger partial charge < -0.3 is 5.73 Å². The summed E-state index contributed by atoms with van der Waals surface area (Å²) in [6.45, 7) is 0. The standard InChI is InChI=1S/C12H10N6/c13-7-10(12(14)15)18-17-9-5-1-3-8-4-2-6-16-11(8)9/h1-6,17H,(H3,14,15)/b18-10+. The third kappa shape index (κ3) is 2.25. The predicted octanol–water partition coefficient (Wildman–Crippen LogP) is 1.46. The van der Waals surface area contributed by atoms with Gasteiger partial charge in [-0.3, -0.25) is 15.8 Å². The van der Waals surface area contributed by atoms with Crippen LogP contribution in [0.3, 0.4) is 0 Å². The van der Waals surface area contributed by atoms with E-state index in [2.05, 4.69) is 15.5 Å². The van der Waals surface area contributed by atoms with Gasteiger partial charge in [0.25, 0.3) is 0 Å². The molecular formula is C12H10N6. The Kier molecular flexibility index (Phi) is 3.16. The summed E-state index contributed by atoms with van der Waals surface area (Å²) in [6, 6.07) is 11.1. The van der Waals surface area contributed by atoms with Crippen molar-refractivity contribution in [2.45, 2.75) is 0 Å². The minimum absolute atomic E-state index is 0.164. The second-order valence-electron chi connectivity index (χ2n) is 3.48. The van der Waals surface area contributed by atoms with Gasteiger partial charge in [-0.25, -0.2) is 0 Å². The number of fused-ring (bicyclic) bond motifs is 1. The molecule has 0 aliphatic rings. The SMILES string of the molecule is N#C/C(=N\Nc1cccc2cccnc12)C(=N)N. The number of pyridine rings is 1. The highest BCUT2D eigenvalue weighted by Gasteiger charge is 2.03. The van der Waals surface area contributed by atoms with Crippen molar-refractivity contribution in [1.29, 1.82) is 10.7 Å². The fraction of sp³-hybridized carbons (Fsp3) is 0. The Morgan fingerprint density at radius 3 is 2.89 bits per heavy atom. The molecule has 2 rings (SSSR count). The summed E-state index contributed by atoms with van der Waals surface area (Å²) in [5, 5.41) is 20.6. The first-order valence-electron chi connectivity index (χ1n) is 5.14. The molecule has 0 amide bonds. The Morgan fingerprint density at radius 1 is 1.39 bits per heavy atom. The maximum atomic E-state index is 8.73. The normalized spacial score (nSPS) is 10.9. The van der Waals surface area contributed by atoms with Crippen LogP contribution in [0.2, 0.25) is 0 Å². The average molecular weight is 238 g/mol. The first-order chi connectivity index (χ1) is 8.72. The van der Waals surface area contributed by atoms with Gasteiger partial charge in [-0.05, 0) is 12.1 Å². The average Bonchev–Trinajstić information content (AvgIpc) is 2.39. The molecule has 2 aromatic rings. The molecule has 1 aromatic heterocycles. The number of hydrazone groups is 1. The maximum Gasteiger partial charge on any atom is 0.201 e. The quantitative estimate of drug-likeness (QED) is 0.427. The molecule has 6 nitrogen and oxygen atoms in total. The Balaban J connectivity index is 2.39. The number of benzene rings is 1. The van der Waals surface area contributed by atoms with Crippen LogP contribution in [0.1, 0.15) is 0 Å². The van der Waals surface area contributed by atoms with Crippen LogP contribution < -0.4 is 11.2 Å². The van der Waals surface area contributed by atoms with E-state index in [0.29, 0.717) is 5.69 Å². The topological polar surface area (TPSA) is 111 Å². The number of nitrogens with zero attached hydrogens (tertiary/aromatic N) is 3. The fourth-order valence-electron chi connectivity index (χ4n) is 1.46. The number of nitrogens with one attached hydrogen (secondary N) is 2. The lowest BCUT2D eigenvalue weighted by Crippen LogP contribution is -2.21. The number of hydrogen-bond donors (Lipinski definition) is 3. The van der Waals surface area contributed by atoms with E-state index in [9.17, 15) is 0 Å². The van der Waals surface area contributed by atoms with E-state index in [4.69, 9.17) is 16.4 Å². The summed E-state index contributed by atoms with van der Waals surface area (Å²) >= 11 is 0. The smallest absolute Gasteiger partial charge is 0.201 e. The molecule has 0 bridgehead atoms. The number of anilines is 1. The van der Waals surface area contributed by atoms with E-state index in [0.717, 1.165) is 10.9 Å². The molecule has 0 saturated carbocycles. The van der Waals surface area contributed by atoms with Crippen LogP contribution in [-0.2, 0) is 0 Å². The first kappa shape index (κ1) is 11.5. The van der Waals surface area contributed by atoms with E-state index in [-0.39, 0.29) is 11.5 Å². The Hall–Kier alpha value is -2.94. The molecule has 18 heavy (non-hydrogen) atoms. The number of aromatic nitrogens is 1. The Morgan fingerprint density at radius 2 is 2.17 bits per heavy atom. The van der Waals surface area contributed by atoms with E-state index in [1.165, 1.54) is 0 Å². The molecule has 0 atom stereocenters. The molecule has 0 unspecified atom stereocenters. The van der Waals surface area contributed by atoms with Crippen LogP contribution >= 0.6 is 0 Å². The molecule has 4 N–H and O–H groups in total. The number of rotatable bonds is 3. The number of nitriles is 1. The van der Waals surface area contributed by atoms with Gasteiger partial charge >= 0.3 is 0 Å². The molecule has 0 aliphatic carbocycles. The van der Waals surface area contributed by atoms with Crippen LogP contribution in [-0.4, -0.2) is 16.5 Å². The molecule has 0 spiro atoms. The fourth-order valence-corrected chi connectivity index (χ4v) is 1.46. The zero-order valence-electron chi connectivity index (χ0n) is 9.38. The molecular weight excluding hydrogens is 228 g/mol. The monoisotopic (exact) mass is 238 g/mol. The van der Waals surface area contributed by atoms with Crippen molar-refractivity contribution in [3.63, 3.8) is 0 Å². The van der Waals surface area contributed by atoms with Gasteiger partial charge in [0.2, 0.25) is 5.71 Å². The molecule has 6 heteroatoms. The predicted molar refractivity (Wildman–Crippen MR) is 70.3 cm³/mol. The highest BCUT2D eigenvalue weighted by molar-refractivity contribution is 6.45. The van der Waals surface area contributed by atoms with Crippen LogP contribution in [0.15, 0.2) is 41.6 Å². The summed E-state index contributed by atoms with van der Waals surface area (Å²) in [4.78, 5) is 4.23. The van der Waals surface area contributed by atoms with Gasteiger partial charge in [0.05, 0.1) is 11.2 Å². The minimum Gasteiger partial charge on any atom is -0.382 e. The van der Waals surface area contributed by atoms with Gasteiger partial charge in [-0.2, -0.15) is 10.4 Å². The molecule has 0 fully saturated rings. The van der Waals surface area contributed by atoms with Crippen molar-refractivity contribution in [1.82, 2.24) is 4.98 Å². The molecule has 0 aliphatic heterocycles. The summed E-state index contributed by atoms with van der Waals surface area (Å²) in [6.07, 6.45) is 1.67. The third-order valence-corrected chi connectivity index (χ3v) is 2.28. The highest BCUT2D eigenvalue weighted by atomic mass is 15.3. The van der Waals surface area contributed by atoms with Crippen LogP contribution in [0, 0.1) is 16.7 Å². The number of amidine groups is 1. The minimum atomic E-state index is -0.377. The van der Waals surface area contributed by atoms with Gasteiger partial charge in [-0.15, -0.1) is 0 Å². The molecule has 0 radical (unpaired) electrons. The lowest BCUT2D eigenvalue weighted by Gasteiger charge is -2.04. The van der Waals surface area contributed by atoms with Crippen molar-refractivity contribution in [3.8, 4) is 6.07 Å². The van der Waals surface area contributed by atoms with E-state index < -0.39 is 0 Å². The maximum absolute atomic E-state index is 8.73. The van der Waals surface area contributed by atoms with Crippen molar-refractivity contribution in [2.24, 2.45) is 10.8 Å². The van der Waals surface area contributed by atoms with Gasteiger partial charge in [0, 0.05) is 11.6 Å². The lowest BCUT2D eigenvalue weighted by molar-refractivity contribution is 1.32. The highest BCUT2D eigenvalue weighted by Crippen LogP contribution is 2.20. The molecule has 88 valence electrons. The van der Waals surface area contributed by atoms with Crippen molar-refractivity contribution in [3.05, 3.63) is 36.5 Å². The van der Waals surface area contributed by atoms with E-state index in [1.807, 2.05) is 24.3 Å². The third-order valence-electron chi connectivity index (χ3n) is 2.28. The number of nitrogens with two attached hydrogens (primary N) is 1. The zero-order valence-corrected chi connectivity index (χ0v) is 9.38. The summed E-state index contributed by atoms with van der Waals surface area (Å²) in [7, 11) is 0. The largest absolute Gasteiger partial charge is 0.382 e. The number of hydrogen-bond acceptors (Lipinski definition) is 5. The Labute approximate surface area is 103 Å². The van der Waals surface area contributed by atoms with Crippen molar-refractivity contribution in [2.75, 3.05) is 5.43 Å². The summed E-state index contributed by atoms with van der Waals surface area (Å²) in [5.74, 6) is -0.377. The summed E-state index contributed by atoms with van der Waals surface area (Å²) < 4.78 is 0. The summed E-state index contributed by atoms with van der Waals surface area (Å²) in [5.41, 5.74) is 9.13. The van der Waals surface area contributed by atoms with Crippen LogP contribution in [0.5, 0.6) is 0 Å². The molecule has 1 heterocycles. The lowest BCUT2D eigenvalue weighted by atomic mass is 10.2. The van der Waals surface area contributed by atoms with Crippen molar-refractivity contribution >= 4 is 28.1 Å². The van der Waals surface area contributed by atoms with Gasteiger partial charge in [0.15, 0.2) is 5.84 Å².